The molecule has 1 fully saturated rings. The van der Waals surface area contributed by atoms with Gasteiger partial charge in [0.15, 0.2) is 5.82 Å². The van der Waals surface area contributed by atoms with Gasteiger partial charge in [-0.2, -0.15) is 0 Å². The fourth-order valence-electron chi connectivity index (χ4n) is 4.14. The van der Waals surface area contributed by atoms with E-state index >= 15 is 0 Å². The molecule has 0 spiro atoms. The quantitative estimate of drug-likeness (QED) is 0.516. The first-order chi connectivity index (χ1) is 16.4. The average molecular weight is 481 g/mol. The Morgan fingerprint density at radius 2 is 1.82 bits per heavy atom. The number of ether oxygens (including phenoxy) is 2. The summed E-state index contributed by atoms with van der Waals surface area (Å²) >= 11 is 6.25. The third kappa shape index (κ3) is 5.09. The van der Waals surface area contributed by atoms with Crippen LogP contribution in [0.1, 0.15) is 24.0 Å². The molecular weight excluding hydrogens is 452 g/mol. The molecule has 1 aliphatic heterocycles. The van der Waals surface area contributed by atoms with Crippen molar-refractivity contribution in [3.63, 3.8) is 0 Å². The average Bonchev–Trinajstić information content (AvgIpc) is 2.86. The van der Waals surface area contributed by atoms with E-state index in [0.717, 1.165) is 36.5 Å². The van der Waals surface area contributed by atoms with Crippen molar-refractivity contribution in [1.82, 2.24) is 10.2 Å². The van der Waals surface area contributed by atoms with Crippen LogP contribution in [0.2, 0.25) is 5.02 Å². The first-order valence-electron chi connectivity index (χ1n) is 11.3. The van der Waals surface area contributed by atoms with E-state index in [-0.39, 0.29) is 11.8 Å². The highest BCUT2D eigenvalue weighted by Gasteiger charge is 2.27. The van der Waals surface area contributed by atoms with E-state index in [0.29, 0.717) is 28.8 Å². The van der Waals surface area contributed by atoms with Gasteiger partial charge in [-0.3, -0.25) is 4.79 Å². The molecule has 1 aromatic heterocycles. The molecule has 1 atom stereocenters. The normalized spacial score (nSPS) is 15.7. The first kappa shape index (κ1) is 23.8. The molecule has 0 aliphatic carbocycles. The zero-order valence-electron chi connectivity index (χ0n) is 19.9. The van der Waals surface area contributed by atoms with Crippen LogP contribution in [0.4, 0.5) is 11.5 Å². The van der Waals surface area contributed by atoms with Crippen molar-refractivity contribution in [3.8, 4) is 22.8 Å². The number of methoxy groups -OCH3 is 2. The third-order valence-corrected chi connectivity index (χ3v) is 6.60. The fourth-order valence-corrected chi connectivity index (χ4v) is 4.38. The van der Waals surface area contributed by atoms with E-state index < -0.39 is 0 Å². The second-order valence-corrected chi connectivity index (χ2v) is 8.94. The molecule has 0 bridgehead atoms. The van der Waals surface area contributed by atoms with Gasteiger partial charge in [-0.15, -0.1) is 10.2 Å². The zero-order valence-corrected chi connectivity index (χ0v) is 20.6. The van der Waals surface area contributed by atoms with Crippen molar-refractivity contribution in [3.05, 3.63) is 58.6 Å². The Labute approximate surface area is 205 Å². The van der Waals surface area contributed by atoms with Crippen LogP contribution < -0.4 is 19.7 Å². The standard InChI is InChI=1S/C26H29ClN4O3/c1-16-7-8-18(12-17(16)2)21-9-10-25(30-29-21)31-11-5-6-19(15-31)26(32)28-22-13-20(27)23(33-3)14-24(22)34-4/h7-10,12-14,19H,5-6,11,15H2,1-4H3,(H,28,32)/t19-/m1/s1. The van der Waals surface area contributed by atoms with Crippen molar-refractivity contribution < 1.29 is 14.3 Å². The van der Waals surface area contributed by atoms with Crippen LogP contribution in [0, 0.1) is 19.8 Å². The van der Waals surface area contributed by atoms with E-state index in [4.69, 9.17) is 21.1 Å². The maximum absolute atomic E-state index is 13.1. The molecule has 3 aromatic rings. The zero-order chi connectivity index (χ0) is 24.2. The number of rotatable bonds is 6. The molecule has 2 aromatic carbocycles. The lowest BCUT2D eigenvalue weighted by Gasteiger charge is -2.32. The Bertz CT molecular complexity index is 1180. The van der Waals surface area contributed by atoms with Gasteiger partial charge < -0.3 is 19.7 Å². The summed E-state index contributed by atoms with van der Waals surface area (Å²) < 4.78 is 10.6. The van der Waals surface area contributed by atoms with Gasteiger partial charge >= 0.3 is 0 Å². The number of carbonyl (C=O) groups excluding carboxylic acids is 1. The van der Waals surface area contributed by atoms with E-state index in [1.165, 1.54) is 18.2 Å². The second-order valence-electron chi connectivity index (χ2n) is 8.54. The monoisotopic (exact) mass is 480 g/mol. The second kappa shape index (κ2) is 10.3. The molecule has 4 rings (SSSR count). The molecule has 0 radical (unpaired) electrons. The Kier molecular flexibility index (Phi) is 7.22. The minimum atomic E-state index is -0.194. The number of amides is 1. The summed E-state index contributed by atoms with van der Waals surface area (Å²) in [5, 5.41) is 12.3. The van der Waals surface area contributed by atoms with Gasteiger partial charge in [0.05, 0.1) is 36.5 Å². The smallest absolute Gasteiger partial charge is 0.229 e. The van der Waals surface area contributed by atoms with Crippen molar-refractivity contribution >= 4 is 29.0 Å². The molecule has 178 valence electrons. The summed E-state index contributed by atoms with van der Waals surface area (Å²) in [6, 6.07) is 13.6. The van der Waals surface area contributed by atoms with Gasteiger partial charge in [0.2, 0.25) is 5.91 Å². The van der Waals surface area contributed by atoms with Crippen molar-refractivity contribution in [1.29, 1.82) is 0 Å². The van der Waals surface area contributed by atoms with Crippen LogP contribution in [0.5, 0.6) is 11.5 Å². The molecule has 1 saturated heterocycles. The van der Waals surface area contributed by atoms with E-state index in [2.05, 4.69) is 52.5 Å². The molecule has 1 aliphatic rings. The number of aromatic nitrogens is 2. The number of aryl methyl sites for hydroxylation is 2. The molecule has 1 N–H and O–H groups in total. The van der Waals surface area contributed by atoms with Gasteiger partial charge in [0.1, 0.15) is 11.5 Å². The number of carbonyl (C=O) groups is 1. The minimum absolute atomic E-state index is 0.0797. The summed E-state index contributed by atoms with van der Waals surface area (Å²) in [5.74, 6) is 1.48. The Morgan fingerprint density at radius 3 is 2.50 bits per heavy atom. The Balaban J connectivity index is 1.45. The predicted molar refractivity (Wildman–Crippen MR) is 135 cm³/mol. The van der Waals surface area contributed by atoms with E-state index in [1.54, 1.807) is 19.2 Å². The largest absolute Gasteiger partial charge is 0.495 e. The minimum Gasteiger partial charge on any atom is -0.495 e. The highest BCUT2D eigenvalue weighted by atomic mass is 35.5. The topological polar surface area (TPSA) is 76.6 Å². The lowest BCUT2D eigenvalue weighted by atomic mass is 9.97. The van der Waals surface area contributed by atoms with Crippen LogP contribution in [0.3, 0.4) is 0 Å². The van der Waals surface area contributed by atoms with E-state index in [1.807, 2.05) is 12.1 Å². The number of anilines is 2. The first-order valence-corrected chi connectivity index (χ1v) is 11.7. The molecule has 2 heterocycles. The third-order valence-electron chi connectivity index (χ3n) is 6.30. The molecule has 7 nitrogen and oxygen atoms in total. The lowest BCUT2D eigenvalue weighted by molar-refractivity contribution is -0.120. The summed E-state index contributed by atoms with van der Waals surface area (Å²) in [4.78, 5) is 15.2. The van der Waals surface area contributed by atoms with E-state index in [9.17, 15) is 4.79 Å². The number of nitrogens with one attached hydrogen (secondary N) is 1. The maximum Gasteiger partial charge on any atom is 0.229 e. The Hall–Kier alpha value is -3.32. The predicted octanol–water partition coefficient (Wildman–Crippen LogP) is 5.29. The SMILES string of the molecule is COc1cc(OC)c(NC(=O)[C@@H]2CCCN(c3ccc(-c4ccc(C)c(C)c4)nn3)C2)cc1Cl. The van der Waals surface area contributed by atoms with Gasteiger partial charge in [0.25, 0.3) is 0 Å². The van der Waals surface area contributed by atoms with Gasteiger partial charge in [-0.25, -0.2) is 0 Å². The number of benzene rings is 2. The van der Waals surface area contributed by atoms with Crippen LogP contribution in [-0.4, -0.2) is 43.4 Å². The molecule has 0 unspecified atom stereocenters. The summed E-state index contributed by atoms with van der Waals surface area (Å²) in [7, 11) is 3.08. The molecular formula is C26H29ClN4O3. The van der Waals surface area contributed by atoms with Crippen molar-refractivity contribution in [2.75, 3.05) is 37.5 Å². The number of piperidine rings is 1. The number of halogens is 1. The summed E-state index contributed by atoms with van der Waals surface area (Å²) in [6.45, 7) is 5.58. The highest BCUT2D eigenvalue weighted by Crippen LogP contribution is 2.36. The molecule has 34 heavy (non-hydrogen) atoms. The molecule has 1 amide bonds. The van der Waals surface area contributed by atoms with Crippen LogP contribution in [0.25, 0.3) is 11.3 Å². The van der Waals surface area contributed by atoms with Gasteiger partial charge in [-0.1, -0.05) is 23.7 Å². The molecule has 8 heteroatoms. The summed E-state index contributed by atoms with van der Waals surface area (Å²) in [6.07, 6.45) is 1.68. The van der Waals surface area contributed by atoms with Crippen molar-refractivity contribution in [2.24, 2.45) is 5.92 Å². The maximum atomic E-state index is 13.1. The van der Waals surface area contributed by atoms with Crippen LogP contribution in [0.15, 0.2) is 42.5 Å². The fraction of sp³-hybridized carbons (Fsp3) is 0.346. The van der Waals surface area contributed by atoms with Crippen LogP contribution >= 0.6 is 11.6 Å². The molecule has 0 saturated carbocycles. The lowest BCUT2D eigenvalue weighted by Crippen LogP contribution is -2.41. The number of nitrogens with zero attached hydrogens (tertiary/aromatic N) is 3. The number of hydrogen-bond acceptors (Lipinski definition) is 6. The van der Waals surface area contributed by atoms with Crippen molar-refractivity contribution in [2.45, 2.75) is 26.7 Å². The van der Waals surface area contributed by atoms with Crippen LogP contribution in [-0.2, 0) is 4.79 Å². The van der Waals surface area contributed by atoms with Gasteiger partial charge in [0, 0.05) is 24.7 Å². The highest BCUT2D eigenvalue weighted by molar-refractivity contribution is 6.32. The Morgan fingerprint density at radius 1 is 1.03 bits per heavy atom. The van der Waals surface area contributed by atoms with Gasteiger partial charge in [-0.05, 0) is 62.1 Å². The number of hydrogen-bond donors (Lipinski definition) is 1. The summed E-state index contributed by atoms with van der Waals surface area (Å²) in [5.41, 5.74) is 4.88.